The summed E-state index contributed by atoms with van der Waals surface area (Å²) in [5.74, 6) is -2.11. The van der Waals surface area contributed by atoms with Gasteiger partial charge in [-0.3, -0.25) is 9.69 Å². The summed E-state index contributed by atoms with van der Waals surface area (Å²) >= 11 is 0. The van der Waals surface area contributed by atoms with E-state index in [1.165, 1.54) is 6.42 Å². The van der Waals surface area contributed by atoms with Crippen LogP contribution in [-0.2, 0) is 4.79 Å². The summed E-state index contributed by atoms with van der Waals surface area (Å²) in [4.78, 5) is 16.1. The van der Waals surface area contributed by atoms with Gasteiger partial charge in [-0.1, -0.05) is 25.3 Å². The van der Waals surface area contributed by atoms with Crippen LogP contribution in [-0.4, -0.2) is 17.9 Å². The van der Waals surface area contributed by atoms with Crippen LogP contribution in [0.5, 0.6) is 0 Å². The summed E-state index contributed by atoms with van der Waals surface area (Å²) in [6, 6.07) is 3.48. The van der Waals surface area contributed by atoms with Gasteiger partial charge in [0.1, 0.15) is 5.70 Å². The number of carbonyl (C=O) groups excluding carboxylic acids is 1. The summed E-state index contributed by atoms with van der Waals surface area (Å²) in [6.45, 7) is 3.60. The maximum absolute atomic E-state index is 13.4. The Morgan fingerprint density at radius 3 is 2.33 bits per heavy atom. The van der Waals surface area contributed by atoms with Gasteiger partial charge >= 0.3 is 25.0 Å². The fourth-order valence-electron chi connectivity index (χ4n) is 3.86. The number of rotatable bonds is 2. The number of hydrogen-bond donors (Lipinski definition) is 0. The number of aryl methyl sites for hydroxylation is 2. The summed E-state index contributed by atoms with van der Waals surface area (Å²) in [6.07, 6.45) is 0.568. The molecule has 1 aliphatic heterocycles. The second kappa shape index (κ2) is 8.11. The van der Waals surface area contributed by atoms with Gasteiger partial charge in [-0.25, -0.2) is 4.99 Å². The van der Waals surface area contributed by atoms with Gasteiger partial charge < -0.3 is 5.11 Å². The fourth-order valence-corrected chi connectivity index (χ4v) is 3.86. The van der Waals surface area contributed by atoms with Crippen LogP contribution in [0.25, 0.3) is 0 Å². The van der Waals surface area contributed by atoms with Crippen molar-refractivity contribution in [1.29, 1.82) is 0 Å². The van der Waals surface area contributed by atoms with Gasteiger partial charge in [-0.15, -0.1) is 6.26 Å². The van der Waals surface area contributed by atoms with Crippen molar-refractivity contribution in [1.82, 2.24) is 0 Å². The van der Waals surface area contributed by atoms with Gasteiger partial charge in [-0.2, -0.15) is 13.2 Å². The fraction of sp³-hybridized carbons (Fsp3) is 0.474. The zero-order valence-corrected chi connectivity index (χ0v) is 15.7. The van der Waals surface area contributed by atoms with Crippen molar-refractivity contribution in [3.05, 3.63) is 40.8 Å². The molecule has 3 rings (SSSR count). The van der Waals surface area contributed by atoms with Crippen molar-refractivity contribution in [3.63, 3.8) is 0 Å². The van der Waals surface area contributed by atoms with Crippen molar-refractivity contribution in [3.8, 4) is 0 Å². The molecule has 0 bridgehead atoms. The van der Waals surface area contributed by atoms with Gasteiger partial charge in [0.2, 0.25) is 5.84 Å². The molecule has 27 heavy (non-hydrogen) atoms. The molecule has 0 saturated heterocycles. The molecule has 1 aliphatic carbocycles. The van der Waals surface area contributed by atoms with E-state index in [0.717, 1.165) is 36.8 Å². The van der Waals surface area contributed by atoms with Gasteiger partial charge in [0.05, 0.1) is 5.69 Å². The van der Waals surface area contributed by atoms with E-state index in [-0.39, 0.29) is 36.7 Å². The summed E-state index contributed by atoms with van der Waals surface area (Å²) < 4.78 is 40.2. The van der Waals surface area contributed by atoms with E-state index in [9.17, 15) is 23.1 Å². The first-order valence-corrected chi connectivity index (χ1v) is 8.67. The molecule has 8 heteroatoms. The van der Waals surface area contributed by atoms with Crippen LogP contribution in [0.2, 0.25) is 0 Å². The monoisotopic (exact) mass is 372 g/mol. The van der Waals surface area contributed by atoms with E-state index < -0.39 is 23.6 Å². The Bertz CT molecular complexity index is 797. The molecule has 1 fully saturated rings. The molecule has 1 saturated carbocycles. The molecule has 4 nitrogen and oxygen atoms in total. The van der Waals surface area contributed by atoms with Crippen molar-refractivity contribution >= 4 is 17.4 Å². The van der Waals surface area contributed by atoms with E-state index in [1.807, 2.05) is 6.92 Å². The molecule has 1 heterocycles. The van der Waals surface area contributed by atoms with Crippen LogP contribution < -0.4 is 28.9 Å². The number of benzene rings is 1. The molecule has 0 N–H and O–H groups in total. The molecule has 1 aromatic rings. The molecular formula is C19H20F3LiN2O2. The first-order valence-electron chi connectivity index (χ1n) is 8.67. The Labute approximate surface area is 168 Å². The second-order valence-electron chi connectivity index (χ2n) is 6.91. The first kappa shape index (κ1) is 21.6. The maximum atomic E-state index is 13.4. The molecule has 0 aromatic heterocycles. The largest absolute Gasteiger partial charge is 1.00 e. The predicted molar refractivity (Wildman–Crippen MR) is 90.8 cm³/mol. The van der Waals surface area contributed by atoms with Crippen molar-refractivity contribution in [2.45, 2.75) is 58.0 Å². The Morgan fingerprint density at radius 2 is 1.78 bits per heavy atom. The third-order valence-electron chi connectivity index (χ3n) is 5.10. The molecular weight excluding hydrogens is 352 g/mol. The Balaban J connectivity index is 0.00000261. The van der Waals surface area contributed by atoms with Crippen molar-refractivity contribution in [2.75, 3.05) is 4.90 Å². The minimum atomic E-state index is -4.83. The average molecular weight is 372 g/mol. The van der Waals surface area contributed by atoms with E-state index in [0.29, 0.717) is 10.5 Å². The van der Waals surface area contributed by atoms with Crippen molar-refractivity contribution in [2.24, 2.45) is 4.99 Å². The molecule has 140 valence electrons. The van der Waals surface area contributed by atoms with E-state index in [1.54, 1.807) is 19.1 Å². The van der Waals surface area contributed by atoms with Gasteiger partial charge in [0.25, 0.3) is 5.91 Å². The topological polar surface area (TPSA) is 55.7 Å². The minimum Gasteiger partial charge on any atom is -0.876 e. The minimum absolute atomic E-state index is 0. The molecule has 1 aromatic carbocycles. The van der Waals surface area contributed by atoms with Crippen LogP contribution in [0.4, 0.5) is 18.9 Å². The van der Waals surface area contributed by atoms with E-state index in [2.05, 4.69) is 4.99 Å². The number of carbonyl (C=O) groups is 1. The molecule has 2 aliphatic rings. The van der Waals surface area contributed by atoms with Crippen LogP contribution in [0.1, 0.15) is 54.7 Å². The molecule has 0 spiro atoms. The Hall–Kier alpha value is -1.71. The molecule has 0 unspecified atom stereocenters. The third-order valence-corrected chi connectivity index (χ3v) is 5.10. The normalized spacial score (nSPS) is 20.0. The zero-order valence-electron chi connectivity index (χ0n) is 15.7. The van der Waals surface area contributed by atoms with Crippen molar-refractivity contribution < 1.29 is 41.9 Å². The molecule has 0 radical (unpaired) electrons. The summed E-state index contributed by atoms with van der Waals surface area (Å²) in [5, 5.41) is 11.0. The van der Waals surface area contributed by atoms with Gasteiger partial charge in [0.15, 0.2) is 0 Å². The average Bonchev–Trinajstić information content (AvgIpc) is 2.92. The van der Waals surface area contributed by atoms with Crippen LogP contribution in [0, 0.1) is 13.8 Å². The smallest absolute Gasteiger partial charge is 0.876 e. The van der Waals surface area contributed by atoms with Crippen LogP contribution in [0.3, 0.4) is 0 Å². The number of aliphatic imine (C=N–C) groups is 1. The standard InChI is InChI=1S/C19H21F3N2O2.Li/c1-11-8-12(2)16(9-14(11)13-6-4-3-5-7-13)24-17(26)15(10-25)23-18(24)19(20,21)22;/h8-10,13,25H,3-7H2,1-2H3;/q;+1/p-1/b15-10+;. The number of hydrogen-bond acceptors (Lipinski definition) is 3. The zero-order chi connectivity index (χ0) is 19.1. The number of halogens is 3. The third kappa shape index (κ3) is 4.09. The van der Waals surface area contributed by atoms with E-state index >= 15 is 0 Å². The van der Waals surface area contributed by atoms with E-state index in [4.69, 9.17) is 0 Å². The Kier molecular flexibility index (Phi) is 6.49. The number of anilines is 1. The first-order chi connectivity index (χ1) is 12.2. The number of alkyl halides is 3. The quantitative estimate of drug-likeness (QED) is 0.439. The number of amidine groups is 1. The Morgan fingerprint density at radius 1 is 1.15 bits per heavy atom. The maximum Gasteiger partial charge on any atom is 1.00 e. The van der Waals surface area contributed by atoms with Crippen LogP contribution in [0.15, 0.2) is 29.1 Å². The summed E-state index contributed by atoms with van der Waals surface area (Å²) in [7, 11) is 0. The second-order valence-corrected chi connectivity index (χ2v) is 6.91. The summed E-state index contributed by atoms with van der Waals surface area (Å²) in [5.41, 5.74) is 1.94. The number of nitrogens with zero attached hydrogens (tertiary/aromatic N) is 2. The van der Waals surface area contributed by atoms with Gasteiger partial charge in [-0.05, 0) is 55.4 Å². The SMILES string of the molecule is Cc1cc(C)c(N2C(=O)/C(=C\[O-])N=C2C(F)(F)F)cc1C1CCCCC1.[Li+]. The molecule has 0 atom stereocenters. The van der Waals surface area contributed by atoms with Gasteiger partial charge in [0, 0.05) is 0 Å². The van der Waals surface area contributed by atoms with Crippen LogP contribution >= 0.6 is 0 Å². The molecule has 1 amide bonds. The number of amides is 1. The predicted octanol–water partition coefficient (Wildman–Crippen LogP) is 0.864.